The molecule has 2 aromatic carbocycles. The summed E-state index contributed by atoms with van der Waals surface area (Å²) in [6.45, 7) is 5.77. The van der Waals surface area contributed by atoms with Gasteiger partial charge in [0.1, 0.15) is 12.4 Å². The summed E-state index contributed by atoms with van der Waals surface area (Å²) in [6.07, 6.45) is 0. The van der Waals surface area contributed by atoms with Gasteiger partial charge in [-0.25, -0.2) is 0 Å². The van der Waals surface area contributed by atoms with E-state index in [2.05, 4.69) is 41.4 Å². The molecule has 1 aliphatic heterocycles. The highest BCUT2D eigenvalue weighted by molar-refractivity contribution is 5.30. The van der Waals surface area contributed by atoms with E-state index in [9.17, 15) is 5.11 Å². The first-order valence-electron chi connectivity index (χ1n) is 8.61. The van der Waals surface area contributed by atoms with Gasteiger partial charge in [-0.3, -0.25) is 4.90 Å². The molecule has 2 N–H and O–H groups in total. The van der Waals surface area contributed by atoms with E-state index >= 15 is 0 Å². The van der Waals surface area contributed by atoms with Gasteiger partial charge in [-0.2, -0.15) is 0 Å². The maximum absolute atomic E-state index is 9.85. The van der Waals surface area contributed by atoms with E-state index in [1.54, 1.807) is 0 Å². The maximum Gasteiger partial charge on any atom is 0.119 e. The van der Waals surface area contributed by atoms with Crippen molar-refractivity contribution in [3.63, 3.8) is 0 Å². The van der Waals surface area contributed by atoms with Crippen molar-refractivity contribution in [2.75, 3.05) is 26.2 Å². The maximum atomic E-state index is 9.85. The molecule has 4 nitrogen and oxygen atoms in total. The minimum absolute atomic E-state index is 0.0534. The lowest BCUT2D eigenvalue weighted by Gasteiger charge is -2.37. The lowest BCUT2D eigenvalue weighted by molar-refractivity contribution is 0.0962. The average molecular weight is 326 g/mol. The van der Waals surface area contributed by atoms with E-state index in [-0.39, 0.29) is 12.6 Å². The average Bonchev–Trinajstić information content (AvgIpc) is 2.63. The second-order valence-corrected chi connectivity index (χ2v) is 6.39. The number of piperazine rings is 1. The van der Waals surface area contributed by atoms with E-state index < -0.39 is 0 Å². The van der Waals surface area contributed by atoms with Crippen LogP contribution in [0, 0.1) is 0 Å². The minimum Gasteiger partial charge on any atom is -0.489 e. The largest absolute Gasteiger partial charge is 0.489 e. The number of aliphatic hydroxyl groups excluding tert-OH is 1. The summed E-state index contributed by atoms with van der Waals surface area (Å²) in [5, 5.41) is 13.3. The molecule has 0 aliphatic carbocycles. The smallest absolute Gasteiger partial charge is 0.119 e. The number of benzene rings is 2. The second-order valence-electron chi connectivity index (χ2n) is 6.39. The predicted molar refractivity (Wildman–Crippen MR) is 96.1 cm³/mol. The zero-order valence-electron chi connectivity index (χ0n) is 14.2. The van der Waals surface area contributed by atoms with Crippen molar-refractivity contribution in [3.8, 4) is 5.75 Å². The van der Waals surface area contributed by atoms with Gasteiger partial charge in [-0.15, -0.1) is 0 Å². The molecule has 0 saturated carbocycles. The Morgan fingerprint density at radius 1 is 1.17 bits per heavy atom. The highest BCUT2D eigenvalue weighted by Crippen LogP contribution is 2.24. The van der Waals surface area contributed by atoms with Gasteiger partial charge in [-0.05, 0) is 30.2 Å². The van der Waals surface area contributed by atoms with Crippen LogP contribution >= 0.6 is 0 Å². The summed E-state index contributed by atoms with van der Waals surface area (Å²) in [7, 11) is 0. The van der Waals surface area contributed by atoms with Crippen molar-refractivity contribution >= 4 is 0 Å². The molecule has 1 heterocycles. The SMILES string of the molecule is CC1CN(C(CO)c2ccc(OCc3ccccc3)cc2)CCN1. The fraction of sp³-hybridized carbons (Fsp3) is 0.400. The van der Waals surface area contributed by atoms with Gasteiger partial charge in [-0.1, -0.05) is 42.5 Å². The van der Waals surface area contributed by atoms with Gasteiger partial charge in [0.2, 0.25) is 0 Å². The molecule has 3 rings (SSSR count). The molecular formula is C20H26N2O2. The molecule has 0 bridgehead atoms. The van der Waals surface area contributed by atoms with Crippen LogP contribution in [-0.4, -0.2) is 42.3 Å². The van der Waals surface area contributed by atoms with Gasteiger partial charge < -0.3 is 15.2 Å². The molecule has 0 radical (unpaired) electrons. The fourth-order valence-electron chi connectivity index (χ4n) is 3.20. The van der Waals surface area contributed by atoms with Gasteiger partial charge in [0.25, 0.3) is 0 Å². The normalized spacial score (nSPS) is 19.8. The minimum atomic E-state index is 0.0534. The molecular weight excluding hydrogens is 300 g/mol. The van der Waals surface area contributed by atoms with Crippen molar-refractivity contribution in [2.45, 2.75) is 25.6 Å². The Bertz CT molecular complexity index is 615. The van der Waals surface area contributed by atoms with Crippen LogP contribution in [0.5, 0.6) is 5.75 Å². The van der Waals surface area contributed by atoms with Crippen LogP contribution in [-0.2, 0) is 6.61 Å². The Morgan fingerprint density at radius 3 is 2.58 bits per heavy atom. The van der Waals surface area contributed by atoms with Crippen LogP contribution in [0.25, 0.3) is 0 Å². The van der Waals surface area contributed by atoms with Crippen LogP contribution in [0.4, 0.5) is 0 Å². The summed E-state index contributed by atoms with van der Waals surface area (Å²) in [5.41, 5.74) is 2.29. The number of nitrogens with zero attached hydrogens (tertiary/aromatic N) is 1. The molecule has 0 aromatic heterocycles. The Labute approximate surface area is 144 Å². The van der Waals surface area contributed by atoms with Gasteiger partial charge in [0, 0.05) is 25.7 Å². The van der Waals surface area contributed by atoms with E-state index in [1.807, 2.05) is 30.3 Å². The van der Waals surface area contributed by atoms with Crippen LogP contribution in [0.1, 0.15) is 24.1 Å². The molecule has 128 valence electrons. The number of rotatable bonds is 6. The zero-order valence-corrected chi connectivity index (χ0v) is 14.2. The molecule has 2 unspecified atom stereocenters. The summed E-state index contributed by atoms with van der Waals surface area (Å²) < 4.78 is 5.84. The standard InChI is InChI=1S/C20H26N2O2/c1-16-13-22(12-11-21-16)20(14-23)18-7-9-19(10-8-18)24-15-17-5-3-2-4-6-17/h2-10,16,20-21,23H,11-15H2,1H3. The number of aliphatic hydroxyl groups is 1. The third kappa shape index (κ3) is 4.35. The van der Waals surface area contributed by atoms with Gasteiger partial charge >= 0.3 is 0 Å². The number of hydrogen-bond donors (Lipinski definition) is 2. The van der Waals surface area contributed by atoms with Crippen molar-refractivity contribution in [2.24, 2.45) is 0 Å². The van der Waals surface area contributed by atoms with Crippen LogP contribution < -0.4 is 10.1 Å². The van der Waals surface area contributed by atoms with E-state index in [4.69, 9.17) is 4.74 Å². The van der Waals surface area contributed by atoms with E-state index in [0.717, 1.165) is 36.5 Å². The van der Waals surface area contributed by atoms with E-state index in [0.29, 0.717) is 12.6 Å². The highest BCUT2D eigenvalue weighted by Gasteiger charge is 2.24. The third-order valence-electron chi connectivity index (χ3n) is 4.53. The van der Waals surface area contributed by atoms with Gasteiger partial charge in [0.15, 0.2) is 0 Å². The fourth-order valence-corrected chi connectivity index (χ4v) is 3.20. The molecule has 2 atom stereocenters. The molecule has 24 heavy (non-hydrogen) atoms. The zero-order chi connectivity index (χ0) is 16.8. The molecule has 1 aliphatic rings. The third-order valence-corrected chi connectivity index (χ3v) is 4.53. The molecule has 1 fully saturated rings. The Morgan fingerprint density at radius 2 is 1.92 bits per heavy atom. The summed E-state index contributed by atoms with van der Waals surface area (Å²) in [6, 6.07) is 18.8. The topological polar surface area (TPSA) is 44.7 Å². The number of nitrogens with one attached hydrogen (secondary N) is 1. The van der Waals surface area contributed by atoms with Crippen molar-refractivity contribution in [1.82, 2.24) is 10.2 Å². The quantitative estimate of drug-likeness (QED) is 0.856. The number of hydrogen-bond acceptors (Lipinski definition) is 4. The number of ether oxygens (including phenoxy) is 1. The highest BCUT2D eigenvalue weighted by atomic mass is 16.5. The van der Waals surface area contributed by atoms with Crippen LogP contribution in [0.15, 0.2) is 54.6 Å². The molecule has 4 heteroatoms. The Hall–Kier alpha value is -1.88. The lowest BCUT2D eigenvalue weighted by atomic mass is 10.0. The molecule has 1 saturated heterocycles. The second kappa shape index (κ2) is 8.29. The lowest BCUT2D eigenvalue weighted by Crippen LogP contribution is -2.50. The molecule has 0 amide bonds. The Kier molecular flexibility index (Phi) is 5.86. The van der Waals surface area contributed by atoms with Crippen molar-refractivity contribution in [3.05, 3.63) is 65.7 Å². The van der Waals surface area contributed by atoms with Crippen molar-refractivity contribution < 1.29 is 9.84 Å². The van der Waals surface area contributed by atoms with E-state index in [1.165, 1.54) is 0 Å². The first-order chi connectivity index (χ1) is 11.8. The molecule has 0 spiro atoms. The van der Waals surface area contributed by atoms with Gasteiger partial charge in [0.05, 0.1) is 12.6 Å². The predicted octanol–water partition coefficient (Wildman–Crippen LogP) is 2.59. The first kappa shape index (κ1) is 17.0. The summed E-state index contributed by atoms with van der Waals surface area (Å²) >= 11 is 0. The Balaban J connectivity index is 1.62. The van der Waals surface area contributed by atoms with Crippen LogP contribution in [0.2, 0.25) is 0 Å². The van der Waals surface area contributed by atoms with Crippen LogP contribution in [0.3, 0.4) is 0 Å². The molecule has 2 aromatic rings. The van der Waals surface area contributed by atoms with Crippen molar-refractivity contribution in [1.29, 1.82) is 0 Å². The summed E-state index contributed by atoms with van der Waals surface area (Å²) in [5.74, 6) is 0.855. The first-order valence-corrected chi connectivity index (χ1v) is 8.61. The summed E-state index contributed by atoms with van der Waals surface area (Å²) in [4.78, 5) is 2.35. The monoisotopic (exact) mass is 326 g/mol.